The van der Waals surface area contributed by atoms with Crippen LogP contribution in [0, 0.1) is 6.92 Å². The predicted octanol–water partition coefficient (Wildman–Crippen LogP) is 4.49. The topological polar surface area (TPSA) is 69.9 Å². The fourth-order valence-corrected chi connectivity index (χ4v) is 3.52. The van der Waals surface area contributed by atoms with Crippen LogP contribution in [0.5, 0.6) is 5.75 Å². The molecule has 5 nitrogen and oxygen atoms in total. The molecule has 0 atom stereocenters. The fraction of sp³-hybridized carbons (Fsp3) is 0.174. The number of methoxy groups -OCH3 is 1. The molecule has 0 spiro atoms. The van der Waals surface area contributed by atoms with Gasteiger partial charge in [0.1, 0.15) is 5.75 Å². The van der Waals surface area contributed by atoms with Crippen LogP contribution in [0.4, 0.5) is 5.69 Å². The monoisotopic (exact) mass is 373 g/mol. The Morgan fingerprint density at radius 2 is 1.89 bits per heavy atom. The molecule has 0 radical (unpaired) electrons. The zero-order chi connectivity index (χ0) is 19.5. The van der Waals surface area contributed by atoms with E-state index in [1.807, 2.05) is 49.4 Å². The number of aromatic amines is 2. The zero-order valence-electron chi connectivity index (χ0n) is 16.0. The van der Waals surface area contributed by atoms with Gasteiger partial charge in [-0.15, -0.1) is 0 Å². The predicted molar refractivity (Wildman–Crippen MR) is 114 cm³/mol. The third-order valence-corrected chi connectivity index (χ3v) is 4.94. The summed E-state index contributed by atoms with van der Waals surface area (Å²) in [6.45, 7) is 2.77. The Morgan fingerprint density at radius 3 is 2.68 bits per heavy atom. The Labute approximate surface area is 163 Å². The lowest BCUT2D eigenvalue weighted by atomic mass is 10.1. The molecule has 2 heterocycles. The minimum atomic E-state index is -0.124. The average molecular weight is 373 g/mol. The van der Waals surface area contributed by atoms with Gasteiger partial charge in [0.2, 0.25) is 0 Å². The molecule has 0 aliphatic carbocycles. The molecule has 0 aliphatic heterocycles. The highest BCUT2D eigenvalue weighted by atomic mass is 16.5. The highest BCUT2D eigenvalue weighted by molar-refractivity contribution is 5.91. The molecule has 2 aromatic heterocycles. The van der Waals surface area contributed by atoms with Crippen molar-refractivity contribution >= 4 is 16.6 Å². The van der Waals surface area contributed by atoms with Gasteiger partial charge in [0.05, 0.1) is 24.1 Å². The minimum absolute atomic E-state index is 0.124. The highest BCUT2D eigenvalue weighted by Crippen LogP contribution is 2.31. The van der Waals surface area contributed by atoms with Crippen molar-refractivity contribution in [3.05, 3.63) is 82.3 Å². The standard InChI is InChI=1S/C23H23N3O2/c1-15-12-18(28-2)13-17-14-20(26-22(15)17)21-19(9-11-25-23(21)27)24-10-8-16-6-4-3-5-7-16/h3-7,9,11-14,26H,8,10H2,1-2H3,(H2,24,25,27). The summed E-state index contributed by atoms with van der Waals surface area (Å²) in [6.07, 6.45) is 2.56. The van der Waals surface area contributed by atoms with Crippen LogP contribution in [0.3, 0.4) is 0 Å². The van der Waals surface area contributed by atoms with E-state index in [0.29, 0.717) is 5.56 Å². The van der Waals surface area contributed by atoms with Crippen LogP contribution in [-0.2, 0) is 6.42 Å². The molecule has 0 unspecified atom stereocenters. The molecule has 0 fully saturated rings. The summed E-state index contributed by atoms with van der Waals surface area (Å²) in [5, 5.41) is 4.44. The molecule has 0 saturated heterocycles. The van der Waals surface area contributed by atoms with Crippen molar-refractivity contribution in [2.24, 2.45) is 0 Å². The molecule has 0 amide bonds. The van der Waals surface area contributed by atoms with Gasteiger partial charge in [-0.25, -0.2) is 0 Å². The number of nitrogens with one attached hydrogen (secondary N) is 3. The van der Waals surface area contributed by atoms with Crippen LogP contribution in [0.1, 0.15) is 11.1 Å². The SMILES string of the molecule is COc1cc(C)c2[nH]c(-c3c(NCCc4ccccc4)cc[nH]c3=O)cc2c1. The van der Waals surface area contributed by atoms with E-state index < -0.39 is 0 Å². The lowest BCUT2D eigenvalue weighted by Crippen LogP contribution is -2.14. The van der Waals surface area contributed by atoms with E-state index in [9.17, 15) is 4.79 Å². The Hall–Kier alpha value is -3.47. The van der Waals surface area contributed by atoms with Gasteiger partial charge >= 0.3 is 0 Å². The van der Waals surface area contributed by atoms with Gasteiger partial charge in [0, 0.05) is 23.6 Å². The second-order valence-corrected chi connectivity index (χ2v) is 6.85. The molecule has 0 aliphatic rings. The number of H-pyrrole nitrogens is 2. The van der Waals surface area contributed by atoms with E-state index >= 15 is 0 Å². The second-order valence-electron chi connectivity index (χ2n) is 6.85. The van der Waals surface area contributed by atoms with E-state index in [-0.39, 0.29) is 5.56 Å². The maximum atomic E-state index is 12.6. The lowest BCUT2D eigenvalue weighted by Gasteiger charge is -2.10. The minimum Gasteiger partial charge on any atom is -0.497 e. The summed E-state index contributed by atoms with van der Waals surface area (Å²) in [6, 6.07) is 18.2. The van der Waals surface area contributed by atoms with Crippen molar-refractivity contribution < 1.29 is 4.74 Å². The Bertz CT molecular complexity index is 1160. The Balaban J connectivity index is 1.67. The maximum Gasteiger partial charge on any atom is 0.259 e. The van der Waals surface area contributed by atoms with Gasteiger partial charge in [0.15, 0.2) is 0 Å². The van der Waals surface area contributed by atoms with E-state index in [1.54, 1.807) is 13.3 Å². The Morgan fingerprint density at radius 1 is 1.07 bits per heavy atom. The number of anilines is 1. The van der Waals surface area contributed by atoms with Gasteiger partial charge in [-0.3, -0.25) is 4.79 Å². The third-order valence-electron chi connectivity index (χ3n) is 4.94. The van der Waals surface area contributed by atoms with E-state index in [2.05, 4.69) is 27.4 Å². The van der Waals surface area contributed by atoms with Crippen LogP contribution in [0.2, 0.25) is 0 Å². The van der Waals surface area contributed by atoms with Gasteiger partial charge in [0.25, 0.3) is 5.56 Å². The number of aromatic nitrogens is 2. The number of hydrogen-bond donors (Lipinski definition) is 3. The first-order valence-corrected chi connectivity index (χ1v) is 9.33. The van der Waals surface area contributed by atoms with E-state index in [0.717, 1.165) is 46.6 Å². The van der Waals surface area contributed by atoms with Crippen molar-refractivity contribution in [1.82, 2.24) is 9.97 Å². The molecule has 0 bridgehead atoms. The second kappa shape index (κ2) is 7.64. The van der Waals surface area contributed by atoms with Crippen LogP contribution in [0.15, 0.2) is 65.6 Å². The number of pyridine rings is 1. The van der Waals surface area contributed by atoms with Crippen molar-refractivity contribution in [3.8, 4) is 17.0 Å². The molecule has 142 valence electrons. The first kappa shape index (κ1) is 17.9. The highest BCUT2D eigenvalue weighted by Gasteiger charge is 2.14. The molecule has 3 N–H and O–H groups in total. The molecule has 4 aromatic rings. The van der Waals surface area contributed by atoms with Gasteiger partial charge in [-0.1, -0.05) is 30.3 Å². The Kier molecular flexibility index (Phi) is 4.89. The van der Waals surface area contributed by atoms with Crippen LogP contribution >= 0.6 is 0 Å². The summed E-state index contributed by atoms with van der Waals surface area (Å²) in [5.41, 5.74) is 5.44. The number of hydrogen-bond acceptors (Lipinski definition) is 3. The van der Waals surface area contributed by atoms with Gasteiger partial charge in [-0.2, -0.15) is 0 Å². The summed E-state index contributed by atoms with van der Waals surface area (Å²) in [7, 11) is 1.66. The smallest absolute Gasteiger partial charge is 0.259 e. The largest absolute Gasteiger partial charge is 0.497 e. The van der Waals surface area contributed by atoms with Crippen molar-refractivity contribution in [2.75, 3.05) is 19.0 Å². The van der Waals surface area contributed by atoms with E-state index in [4.69, 9.17) is 4.74 Å². The first-order chi connectivity index (χ1) is 13.7. The van der Waals surface area contributed by atoms with Crippen molar-refractivity contribution in [3.63, 3.8) is 0 Å². The van der Waals surface area contributed by atoms with Gasteiger partial charge < -0.3 is 20.0 Å². The zero-order valence-corrected chi connectivity index (χ0v) is 16.0. The van der Waals surface area contributed by atoms with Crippen molar-refractivity contribution in [1.29, 1.82) is 0 Å². The number of rotatable bonds is 6. The number of benzene rings is 2. The molecule has 4 rings (SSSR count). The molecular formula is C23H23N3O2. The molecule has 0 saturated carbocycles. The summed E-state index contributed by atoms with van der Waals surface area (Å²) >= 11 is 0. The number of aryl methyl sites for hydroxylation is 1. The summed E-state index contributed by atoms with van der Waals surface area (Å²) in [4.78, 5) is 18.8. The quantitative estimate of drug-likeness (QED) is 0.466. The van der Waals surface area contributed by atoms with Gasteiger partial charge in [-0.05, 0) is 48.7 Å². The summed E-state index contributed by atoms with van der Waals surface area (Å²) < 4.78 is 5.37. The number of ether oxygens (including phenoxy) is 1. The third kappa shape index (κ3) is 3.51. The maximum absolute atomic E-state index is 12.6. The lowest BCUT2D eigenvalue weighted by molar-refractivity contribution is 0.415. The van der Waals surface area contributed by atoms with Crippen LogP contribution in [-0.4, -0.2) is 23.6 Å². The normalized spacial score (nSPS) is 10.9. The fourth-order valence-electron chi connectivity index (χ4n) is 3.52. The first-order valence-electron chi connectivity index (χ1n) is 9.33. The van der Waals surface area contributed by atoms with Crippen LogP contribution < -0.4 is 15.6 Å². The number of fused-ring (bicyclic) bond motifs is 1. The van der Waals surface area contributed by atoms with E-state index in [1.165, 1.54) is 5.56 Å². The summed E-state index contributed by atoms with van der Waals surface area (Å²) in [5.74, 6) is 0.804. The molecule has 28 heavy (non-hydrogen) atoms. The molecule has 5 heteroatoms. The molecular weight excluding hydrogens is 350 g/mol. The average Bonchev–Trinajstić information content (AvgIpc) is 3.13. The molecule has 2 aromatic carbocycles. The van der Waals surface area contributed by atoms with Crippen molar-refractivity contribution in [2.45, 2.75) is 13.3 Å². The van der Waals surface area contributed by atoms with Crippen LogP contribution in [0.25, 0.3) is 22.2 Å².